The molecule has 0 aliphatic rings. The lowest BCUT2D eigenvalue weighted by Crippen LogP contribution is -2.26. The molecular weight excluding hydrogens is 286 g/mol. The maximum Gasteiger partial charge on any atom is 0.251 e. The van der Waals surface area contributed by atoms with Gasteiger partial charge in [0.05, 0.1) is 0 Å². The van der Waals surface area contributed by atoms with Crippen LogP contribution in [0.3, 0.4) is 0 Å². The fourth-order valence-corrected chi connectivity index (χ4v) is 2.26. The highest BCUT2D eigenvalue weighted by atomic mass is 35.5. The summed E-state index contributed by atoms with van der Waals surface area (Å²) in [5, 5.41) is 3.26. The molecule has 0 fully saturated rings. The second kappa shape index (κ2) is 7.74. The molecular formula is C16H18ClN3O. The van der Waals surface area contributed by atoms with Crippen molar-refractivity contribution in [2.45, 2.75) is 26.2 Å². The molecule has 5 heteroatoms. The van der Waals surface area contributed by atoms with Crippen molar-refractivity contribution in [3.05, 3.63) is 58.6 Å². The number of nitrogens with zero attached hydrogens (tertiary/aromatic N) is 2. The SMILES string of the molecule is CCCc1cc(C(=O)NCCc2ccncc2)cc(Cl)n1. The maximum atomic E-state index is 12.1. The van der Waals surface area contributed by atoms with Gasteiger partial charge in [-0.2, -0.15) is 0 Å². The Kier molecular flexibility index (Phi) is 5.69. The van der Waals surface area contributed by atoms with E-state index in [1.54, 1.807) is 24.5 Å². The molecule has 0 aromatic carbocycles. The van der Waals surface area contributed by atoms with Gasteiger partial charge in [0, 0.05) is 30.2 Å². The first-order chi connectivity index (χ1) is 10.2. The second-order valence-corrected chi connectivity index (χ2v) is 5.17. The molecule has 0 atom stereocenters. The highest BCUT2D eigenvalue weighted by molar-refractivity contribution is 6.29. The van der Waals surface area contributed by atoms with E-state index >= 15 is 0 Å². The van der Waals surface area contributed by atoms with E-state index in [1.165, 1.54) is 0 Å². The lowest BCUT2D eigenvalue weighted by atomic mass is 10.1. The van der Waals surface area contributed by atoms with Crippen LogP contribution < -0.4 is 5.32 Å². The Hall–Kier alpha value is -1.94. The molecule has 21 heavy (non-hydrogen) atoms. The van der Waals surface area contributed by atoms with Crippen LogP contribution in [0.5, 0.6) is 0 Å². The predicted octanol–water partition coefficient (Wildman–Crippen LogP) is 3.06. The lowest BCUT2D eigenvalue weighted by Gasteiger charge is -2.07. The first kappa shape index (κ1) is 15.4. The first-order valence-corrected chi connectivity index (χ1v) is 7.40. The van der Waals surface area contributed by atoms with Crippen molar-refractivity contribution in [1.29, 1.82) is 0 Å². The van der Waals surface area contributed by atoms with E-state index in [0.717, 1.165) is 30.5 Å². The second-order valence-electron chi connectivity index (χ2n) is 4.78. The average Bonchev–Trinajstić information content (AvgIpc) is 2.48. The summed E-state index contributed by atoms with van der Waals surface area (Å²) >= 11 is 5.96. The molecule has 4 nitrogen and oxygen atoms in total. The van der Waals surface area contributed by atoms with Crippen LogP contribution in [-0.4, -0.2) is 22.4 Å². The van der Waals surface area contributed by atoms with Gasteiger partial charge in [-0.05, 0) is 42.7 Å². The summed E-state index contributed by atoms with van der Waals surface area (Å²) in [6.07, 6.45) is 6.05. The van der Waals surface area contributed by atoms with Crippen molar-refractivity contribution in [2.75, 3.05) is 6.54 Å². The van der Waals surface area contributed by atoms with Crippen LogP contribution in [-0.2, 0) is 12.8 Å². The van der Waals surface area contributed by atoms with Gasteiger partial charge in [-0.1, -0.05) is 24.9 Å². The predicted molar refractivity (Wildman–Crippen MR) is 83.5 cm³/mol. The van der Waals surface area contributed by atoms with Crippen molar-refractivity contribution >= 4 is 17.5 Å². The summed E-state index contributed by atoms with van der Waals surface area (Å²) in [7, 11) is 0. The number of amides is 1. The summed E-state index contributed by atoms with van der Waals surface area (Å²) in [4.78, 5) is 20.3. The minimum Gasteiger partial charge on any atom is -0.352 e. The van der Waals surface area contributed by atoms with Gasteiger partial charge >= 0.3 is 0 Å². The molecule has 2 rings (SSSR count). The largest absolute Gasteiger partial charge is 0.352 e. The van der Waals surface area contributed by atoms with Crippen LogP contribution in [0.4, 0.5) is 0 Å². The number of hydrogen-bond donors (Lipinski definition) is 1. The molecule has 0 saturated carbocycles. The molecule has 1 amide bonds. The van der Waals surface area contributed by atoms with Crippen molar-refractivity contribution in [3.8, 4) is 0 Å². The molecule has 1 N–H and O–H groups in total. The van der Waals surface area contributed by atoms with Crippen LogP contribution in [0.25, 0.3) is 0 Å². The summed E-state index contributed by atoms with van der Waals surface area (Å²) in [5.41, 5.74) is 2.56. The van der Waals surface area contributed by atoms with Crippen molar-refractivity contribution in [3.63, 3.8) is 0 Å². The zero-order chi connectivity index (χ0) is 15.1. The molecule has 0 aliphatic heterocycles. The molecule has 110 valence electrons. The Balaban J connectivity index is 1.94. The number of aromatic nitrogens is 2. The number of carbonyl (C=O) groups is 1. The molecule has 0 aliphatic carbocycles. The smallest absolute Gasteiger partial charge is 0.251 e. The minimum absolute atomic E-state index is 0.120. The first-order valence-electron chi connectivity index (χ1n) is 7.02. The molecule has 0 spiro atoms. The molecule has 2 aromatic rings. The Bertz CT molecular complexity index is 602. The van der Waals surface area contributed by atoms with E-state index in [4.69, 9.17) is 11.6 Å². The fraction of sp³-hybridized carbons (Fsp3) is 0.312. The quantitative estimate of drug-likeness (QED) is 0.835. The zero-order valence-corrected chi connectivity index (χ0v) is 12.7. The summed E-state index contributed by atoms with van der Waals surface area (Å²) in [5.74, 6) is -0.120. The maximum absolute atomic E-state index is 12.1. The number of pyridine rings is 2. The van der Waals surface area contributed by atoms with Gasteiger partial charge in [0.2, 0.25) is 0 Å². The average molecular weight is 304 g/mol. The van der Waals surface area contributed by atoms with E-state index in [9.17, 15) is 4.79 Å². The lowest BCUT2D eigenvalue weighted by molar-refractivity contribution is 0.0954. The van der Waals surface area contributed by atoms with Gasteiger partial charge in [0.25, 0.3) is 5.91 Å². The third-order valence-corrected chi connectivity index (χ3v) is 3.26. The Morgan fingerprint density at radius 1 is 1.24 bits per heavy atom. The third kappa shape index (κ3) is 4.83. The van der Waals surface area contributed by atoms with Gasteiger partial charge in [-0.15, -0.1) is 0 Å². The van der Waals surface area contributed by atoms with Crippen LogP contribution >= 0.6 is 11.6 Å². The Labute approximate surface area is 129 Å². The van der Waals surface area contributed by atoms with Crippen molar-refractivity contribution in [1.82, 2.24) is 15.3 Å². The molecule has 0 unspecified atom stereocenters. The van der Waals surface area contributed by atoms with Crippen LogP contribution in [0.1, 0.15) is 35.0 Å². The number of aryl methyl sites for hydroxylation is 1. The third-order valence-electron chi connectivity index (χ3n) is 3.06. The highest BCUT2D eigenvalue weighted by Gasteiger charge is 2.08. The van der Waals surface area contributed by atoms with E-state index < -0.39 is 0 Å². The minimum atomic E-state index is -0.120. The Morgan fingerprint density at radius 2 is 2.00 bits per heavy atom. The zero-order valence-electron chi connectivity index (χ0n) is 12.0. The summed E-state index contributed by atoms with van der Waals surface area (Å²) < 4.78 is 0. The number of halogens is 1. The summed E-state index contributed by atoms with van der Waals surface area (Å²) in [6.45, 7) is 2.64. The van der Waals surface area contributed by atoms with Gasteiger partial charge < -0.3 is 5.32 Å². The van der Waals surface area contributed by atoms with Gasteiger partial charge in [-0.25, -0.2) is 4.98 Å². The van der Waals surface area contributed by atoms with Crippen molar-refractivity contribution in [2.24, 2.45) is 0 Å². The molecule has 0 bridgehead atoms. The van der Waals surface area contributed by atoms with Crippen LogP contribution in [0, 0.1) is 0 Å². The van der Waals surface area contributed by atoms with Crippen LogP contribution in [0.2, 0.25) is 5.15 Å². The number of nitrogens with one attached hydrogen (secondary N) is 1. The van der Waals surface area contributed by atoms with Gasteiger partial charge in [0.15, 0.2) is 0 Å². The highest BCUT2D eigenvalue weighted by Crippen LogP contribution is 2.12. The fourth-order valence-electron chi connectivity index (χ4n) is 2.04. The van der Waals surface area contributed by atoms with E-state index in [2.05, 4.69) is 22.2 Å². The Morgan fingerprint density at radius 3 is 2.71 bits per heavy atom. The summed E-state index contributed by atoms with van der Waals surface area (Å²) in [6, 6.07) is 7.28. The molecule has 0 saturated heterocycles. The normalized spacial score (nSPS) is 10.4. The number of carbonyl (C=O) groups excluding carboxylic acids is 1. The molecule has 2 heterocycles. The molecule has 2 aromatic heterocycles. The van der Waals surface area contributed by atoms with Gasteiger partial charge in [0.1, 0.15) is 5.15 Å². The number of hydrogen-bond acceptors (Lipinski definition) is 3. The standard InChI is InChI=1S/C16H18ClN3O/c1-2-3-14-10-13(11-15(17)20-14)16(21)19-9-6-12-4-7-18-8-5-12/h4-5,7-8,10-11H,2-3,6,9H2,1H3,(H,19,21). The number of rotatable bonds is 6. The van der Waals surface area contributed by atoms with Gasteiger partial charge in [-0.3, -0.25) is 9.78 Å². The van der Waals surface area contributed by atoms with Crippen LogP contribution in [0.15, 0.2) is 36.7 Å². The van der Waals surface area contributed by atoms with Crippen molar-refractivity contribution < 1.29 is 4.79 Å². The van der Waals surface area contributed by atoms with E-state index in [1.807, 2.05) is 12.1 Å². The van der Waals surface area contributed by atoms with E-state index in [0.29, 0.717) is 17.3 Å². The topological polar surface area (TPSA) is 54.9 Å². The van der Waals surface area contributed by atoms with E-state index in [-0.39, 0.29) is 5.91 Å². The monoisotopic (exact) mass is 303 g/mol. The molecule has 0 radical (unpaired) electrons.